The van der Waals surface area contributed by atoms with E-state index in [1.54, 1.807) is 12.1 Å². The van der Waals surface area contributed by atoms with Crippen LogP contribution in [0.1, 0.15) is 30.9 Å². The largest absolute Gasteiger partial charge is 0.341 e. The van der Waals surface area contributed by atoms with Gasteiger partial charge in [-0.2, -0.15) is 0 Å². The van der Waals surface area contributed by atoms with Crippen LogP contribution >= 0.6 is 11.8 Å². The SMILES string of the molecule is O=C(CCSc1ccc(F)cc1)NN[C@@H](C(=O)N1CCCC1)c1ccccc1. The van der Waals surface area contributed by atoms with Crippen molar-refractivity contribution in [1.29, 1.82) is 0 Å². The summed E-state index contributed by atoms with van der Waals surface area (Å²) >= 11 is 1.48. The fourth-order valence-electron chi connectivity index (χ4n) is 3.06. The maximum absolute atomic E-state index is 12.9. The Kier molecular flexibility index (Phi) is 7.45. The maximum atomic E-state index is 12.9. The van der Waals surface area contributed by atoms with Gasteiger partial charge in [-0.3, -0.25) is 15.0 Å². The van der Waals surface area contributed by atoms with Gasteiger partial charge in [0.25, 0.3) is 0 Å². The molecule has 7 heteroatoms. The van der Waals surface area contributed by atoms with Crippen LogP contribution < -0.4 is 10.9 Å². The number of benzene rings is 2. The summed E-state index contributed by atoms with van der Waals surface area (Å²) in [5.41, 5.74) is 6.41. The number of rotatable bonds is 8. The average molecular weight is 402 g/mol. The van der Waals surface area contributed by atoms with Crippen molar-refractivity contribution in [3.05, 3.63) is 66.0 Å². The molecule has 0 spiro atoms. The molecule has 148 valence electrons. The molecule has 0 unspecified atom stereocenters. The predicted octanol–water partition coefficient (Wildman–Crippen LogP) is 3.29. The van der Waals surface area contributed by atoms with E-state index in [0.717, 1.165) is 36.4 Å². The Morgan fingerprint density at radius 1 is 1.04 bits per heavy atom. The molecule has 1 fully saturated rings. The highest BCUT2D eigenvalue weighted by atomic mass is 32.2. The van der Waals surface area contributed by atoms with Crippen molar-refractivity contribution in [2.75, 3.05) is 18.8 Å². The first kappa shape index (κ1) is 20.4. The minimum absolute atomic E-state index is 0.0234. The molecule has 2 aromatic rings. The van der Waals surface area contributed by atoms with Crippen molar-refractivity contribution in [2.45, 2.75) is 30.2 Å². The van der Waals surface area contributed by atoms with Crippen LogP contribution in [-0.4, -0.2) is 35.6 Å². The number of likely N-dealkylation sites (tertiary alicyclic amines) is 1. The molecular weight excluding hydrogens is 377 g/mol. The zero-order chi connectivity index (χ0) is 19.8. The first-order valence-electron chi connectivity index (χ1n) is 9.40. The molecular formula is C21H24FN3O2S. The van der Waals surface area contributed by atoms with Crippen LogP contribution in [0, 0.1) is 5.82 Å². The first-order chi connectivity index (χ1) is 13.6. The normalized spacial score (nSPS) is 14.7. The van der Waals surface area contributed by atoms with E-state index in [4.69, 9.17) is 0 Å². The molecule has 0 radical (unpaired) electrons. The van der Waals surface area contributed by atoms with Crippen LogP contribution in [0.3, 0.4) is 0 Å². The molecule has 0 aromatic heterocycles. The third-order valence-corrected chi connectivity index (χ3v) is 5.58. The summed E-state index contributed by atoms with van der Waals surface area (Å²) in [6.45, 7) is 1.51. The molecule has 0 saturated carbocycles. The number of hydrogen-bond donors (Lipinski definition) is 2. The fourth-order valence-corrected chi connectivity index (χ4v) is 3.91. The van der Waals surface area contributed by atoms with Gasteiger partial charge in [-0.15, -0.1) is 11.8 Å². The summed E-state index contributed by atoms with van der Waals surface area (Å²) in [5, 5.41) is 0. The number of thioether (sulfide) groups is 1. The van der Waals surface area contributed by atoms with E-state index in [0.29, 0.717) is 5.75 Å². The molecule has 2 aromatic carbocycles. The summed E-state index contributed by atoms with van der Waals surface area (Å²) in [4.78, 5) is 27.8. The summed E-state index contributed by atoms with van der Waals surface area (Å²) in [5.74, 6) is 0.0743. The van der Waals surface area contributed by atoms with Crippen LogP contribution in [0.5, 0.6) is 0 Å². The molecule has 1 atom stereocenters. The molecule has 28 heavy (non-hydrogen) atoms. The highest BCUT2D eigenvalue weighted by Crippen LogP contribution is 2.20. The molecule has 1 saturated heterocycles. The van der Waals surface area contributed by atoms with E-state index in [9.17, 15) is 14.0 Å². The van der Waals surface area contributed by atoms with Gasteiger partial charge in [0.2, 0.25) is 11.8 Å². The highest BCUT2D eigenvalue weighted by Gasteiger charge is 2.27. The first-order valence-corrected chi connectivity index (χ1v) is 10.4. The Morgan fingerprint density at radius 3 is 2.39 bits per heavy atom. The Bertz CT molecular complexity index is 780. The maximum Gasteiger partial charge on any atom is 0.246 e. The number of halogens is 1. The van der Waals surface area contributed by atoms with Crippen molar-refractivity contribution in [3.8, 4) is 0 Å². The quantitative estimate of drug-likeness (QED) is 0.526. The van der Waals surface area contributed by atoms with Crippen molar-refractivity contribution in [1.82, 2.24) is 15.8 Å². The lowest BCUT2D eigenvalue weighted by Crippen LogP contribution is -2.47. The van der Waals surface area contributed by atoms with E-state index < -0.39 is 6.04 Å². The second-order valence-electron chi connectivity index (χ2n) is 6.62. The van der Waals surface area contributed by atoms with Crippen LogP contribution in [0.25, 0.3) is 0 Å². The number of nitrogens with one attached hydrogen (secondary N) is 2. The Hall–Kier alpha value is -2.38. The minimum Gasteiger partial charge on any atom is -0.341 e. The summed E-state index contributed by atoms with van der Waals surface area (Å²) < 4.78 is 12.9. The van der Waals surface area contributed by atoms with Gasteiger partial charge in [0.05, 0.1) is 0 Å². The topological polar surface area (TPSA) is 61.4 Å². The van der Waals surface area contributed by atoms with E-state index in [-0.39, 0.29) is 24.1 Å². The lowest BCUT2D eigenvalue weighted by molar-refractivity contribution is -0.133. The number of carbonyl (C=O) groups is 2. The van der Waals surface area contributed by atoms with Crippen molar-refractivity contribution >= 4 is 23.6 Å². The summed E-state index contributed by atoms with van der Waals surface area (Å²) in [7, 11) is 0. The number of carbonyl (C=O) groups excluding carboxylic acids is 2. The van der Waals surface area contributed by atoms with Gasteiger partial charge in [0.1, 0.15) is 11.9 Å². The van der Waals surface area contributed by atoms with Gasteiger partial charge >= 0.3 is 0 Å². The van der Waals surface area contributed by atoms with Gasteiger partial charge in [0, 0.05) is 30.2 Å². The van der Waals surface area contributed by atoms with Crippen molar-refractivity contribution in [3.63, 3.8) is 0 Å². The van der Waals surface area contributed by atoms with Gasteiger partial charge in [-0.25, -0.2) is 9.82 Å². The smallest absolute Gasteiger partial charge is 0.246 e. The lowest BCUT2D eigenvalue weighted by atomic mass is 10.1. The molecule has 2 N–H and O–H groups in total. The van der Waals surface area contributed by atoms with E-state index >= 15 is 0 Å². The third-order valence-electron chi connectivity index (χ3n) is 4.57. The van der Waals surface area contributed by atoms with E-state index in [2.05, 4.69) is 10.9 Å². The molecule has 3 rings (SSSR count). The minimum atomic E-state index is -0.604. The van der Waals surface area contributed by atoms with Crippen molar-refractivity contribution < 1.29 is 14.0 Å². The molecule has 1 aliphatic heterocycles. The molecule has 0 aliphatic carbocycles. The molecule has 1 aliphatic rings. The van der Waals surface area contributed by atoms with E-state index in [1.165, 1.54) is 23.9 Å². The molecule has 1 heterocycles. The molecule has 5 nitrogen and oxygen atoms in total. The van der Waals surface area contributed by atoms with Crippen LogP contribution in [0.4, 0.5) is 4.39 Å². The number of nitrogens with zero attached hydrogens (tertiary/aromatic N) is 1. The van der Waals surface area contributed by atoms with Gasteiger partial charge in [0.15, 0.2) is 0 Å². The van der Waals surface area contributed by atoms with Gasteiger partial charge < -0.3 is 4.90 Å². The Morgan fingerprint density at radius 2 is 1.71 bits per heavy atom. The standard InChI is InChI=1S/C21H24FN3O2S/c22-17-8-10-18(11-9-17)28-15-12-19(26)23-24-20(16-6-2-1-3-7-16)21(27)25-13-4-5-14-25/h1-3,6-11,20,24H,4-5,12-15H2,(H,23,26)/t20-/m1/s1. The number of amides is 2. The van der Waals surface area contributed by atoms with Crippen molar-refractivity contribution in [2.24, 2.45) is 0 Å². The second-order valence-corrected chi connectivity index (χ2v) is 7.79. The molecule has 0 bridgehead atoms. The average Bonchev–Trinajstić information content (AvgIpc) is 3.25. The Balaban J connectivity index is 1.51. The summed E-state index contributed by atoms with van der Waals surface area (Å²) in [6.07, 6.45) is 2.31. The Labute approximate surface area is 168 Å². The van der Waals surface area contributed by atoms with Crippen LogP contribution in [-0.2, 0) is 9.59 Å². The third kappa shape index (κ3) is 5.81. The summed E-state index contributed by atoms with van der Waals surface area (Å²) in [6, 6.07) is 15.0. The monoisotopic (exact) mass is 401 g/mol. The van der Waals surface area contributed by atoms with Crippen LogP contribution in [0.2, 0.25) is 0 Å². The number of hydrazine groups is 1. The second kappa shape index (κ2) is 10.2. The zero-order valence-corrected chi connectivity index (χ0v) is 16.4. The zero-order valence-electron chi connectivity index (χ0n) is 15.6. The van der Waals surface area contributed by atoms with E-state index in [1.807, 2.05) is 35.2 Å². The lowest BCUT2D eigenvalue weighted by Gasteiger charge is -2.24. The highest BCUT2D eigenvalue weighted by molar-refractivity contribution is 7.99. The van der Waals surface area contributed by atoms with Crippen LogP contribution in [0.15, 0.2) is 59.5 Å². The van der Waals surface area contributed by atoms with Gasteiger partial charge in [-0.05, 0) is 42.7 Å². The predicted molar refractivity (Wildman–Crippen MR) is 108 cm³/mol. The van der Waals surface area contributed by atoms with Gasteiger partial charge in [-0.1, -0.05) is 30.3 Å². The fraction of sp³-hybridized carbons (Fsp3) is 0.333. The molecule has 2 amide bonds. The number of hydrogen-bond acceptors (Lipinski definition) is 4.